The molecule has 2 aliphatic heterocycles. The molecule has 2 aromatic rings. The van der Waals surface area contributed by atoms with Crippen LogP contribution in [-0.2, 0) is 14.3 Å². The van der Waals surface area contributed by atoms with Crippen LogP contribution in [0.5, 0.6) is 17.2 Å². The third kappa shape index (κ3) is 14.3. The minimum Gasteiger partial charge on any atom is -0.459 e. The minimum atomic E-state index is -1.55. The Morgan fingerprint density at radius 2 is 1.62 bits per heavy atom. The maximum absolute atomic E-state index is 14.3. The number of allylic oxidation sites excluding steroid dienone is 1. The molecule has 2 aliphatic carbocycles. The molecule has 1 saturated carbocycles. The molecule has 4 aliphatic rings. The number of fused-ring (bicyclic) bond motifs is 2. The molecule has 6 rings (SSSR count). The fourth-order valence-corrected chi connectivity index (χ4v) is 10.6. The molecular formula is C53H76N4O12. The molecule has 380 valence electrons. The Morgan fingerprint density at radius 3 is 2.29 bits per heavy atom. The number of amides is 2. The van der Waals surface area contributed by atoms with Gasteiger partial charge in [-0.1, -0.05) is 94.9 Å². The van der Waals surface area contributed by atoms with Crippen molar-refractivity contribution in [1.29, 1.82) is 0 Å². The van der Waals surface area contributed by atoms with Gasteiger partial charge in [0.15, 0.2) is 0 Å². The Kier molecular flexibility index (Phi) is 21.2. The van der Waals surface area contributed by atoms with E-state index in [0.717, 1.165) is 68.9 Å². The van der Waals surface area contributed by atoms with Crippen LogP contribution in [0.15, 0.2) is 71.9 Å². The van der Waals surface area contributed by atoms with E-state index in [9.17, 15) is 29.9 Å². The van der Waals surface area contributed by atoms with Crippen LogP contribution < -0.4 is 19.5 Å². The van der Waals surface area contributed by atoms with E-state index in [2.05, 4.69) is 24.9 Å². The van der Waals surface area contributed by atoms with Crippen LogP contribution in [0.25, 0.3) is 0 Å². The third-order valence-corrected chi connectivity index (χ3v) is 14.1. The van der Waals surface area contributed by atoms with Gasteiger partial charge < -0.3 is 49.0 Å². The van der Waals surface area contributed by atoms with Crippen molar-refractivity contribution in [2.75, 3.05) is 40.0 Å². The Labute approximate surface area is 407 Å². The molecule has 1 saturated heterocycles. The summed E-state index contributed by atoms with van der Waals surface area (Å²) in [4.78, 5) is 46.2. The molecule has 0 bridgehead atoms. The maximum atomic E-state index is 14.3. The van der Waals surface area contributed by atoms with Crippen molar-refractivity contribution >= 4 is 23.6 Å². The second-order valence-electron chi connectivity index (χ2n) is 18.9. The highest BCUT2D eigenvalue weighted by molar-refractivity contribution is 6.03. The first kappa shape index (κ1) is 53.3. The monoisotopic (exact) mass is 961 g/mol. The molecule has 2 amide bonds. The molecule has 2 fully saturated rings. The number of oxime groups is 1. The summed E-state index contributed by atoms with van der Waals surface area (Å²) in [6.07, 6.45) is 20.8. The van der Waals surface area contributed by atoms with E-state index in [0.29, 0.717) is 49.6 Å². The molecule has 0 radical (unpaired) electrons. The van der Waals surface area contributed by atoms with Gasteiger partial charge in [-0.15, -0.1) is 6.58 Å². The molecule has 3 N–H and O–H groups in total. The standard InChI is InChI=1S/C53H76N4O12/c1-4-6-7-8-9-10-11-12-13-17-30-54-51(60)66-41-28-29-46-44(36-41)49-42(22-15-19-32-59)38(21-14-18-31-58)35-43-45(55-69-48-23-16-20-34-64-48)37-47(53(68-46,50(43)49)65-33-5-2)56(3)52(61)67-40-26-24-39(25-27-40)57(62)63/h5,24-29,35-36,38,42,47-50,58-59H,2,4,6-23,30-34,37H2,1,3H3,(H,54,60). The summed E-state index contributed by atoms with van der Waals surface area (Å²) in [7, 11) is 1.60. The van der Waals surface area contributed by atoms with Crippen LogP contribution in [0.1, 0.15) is 147 Å². The van der Waals surface area contributed by atoms with Gasteiger partial charge >= 0.3 is 12.2 Å². The van der Waals surface area contributed by atoms with Crippen LogP contribution in [-0.4, -0.2) is 96.1 Å². The summed E-state index contributed by atoms with van der Waals surface area (Å²) >= 11 is 0. The van der Waals surface area contributed by atoms with Gasteiger partial charge in [-0.05, 0) is 92.7 Å². The van der Waals surface area contributed by atoms with Gasteiger partial charge in [-0.3, -0.25) is 10.1 Å². The fourth-order valence-electron chi connectivity index (χ4n) is 10.6. The number of nitro groups is 1. The lowest BCUT2D eigenvalue weighted by Crippen LogP contribution is -2.69. The van der Waals surface area contributed by atoms with Crippen LogP contribution in [0, 0.1) is 27.9 Å². The number of nitro benzene ring substituents is 1. The van der Waals surface area contributed by atoms with Gasteiger partial charge in [0, 0.05) is 63.3 Å². The van der Waals surface area contributed by atoms with E-state index >= 15 is 0 Å². The number of nitrogens with zero attached hydrogens (tertiary/aromatic N) is 3. The summed E-state index contributed by atoms with van der Waals surface area (Å²) in [5.41, 5.74) is 2.08. The molecule has 69 heavy (non-hydrogen) atoms. The number of rotatable bonds is 28. The summed E-state index contributed by atoms with van der Waals surface area (Å²) in [6.45, 7) is 7.43. The maximum Gasteiger partial charge on any atom is 0.415 e. The summed E-state index contributed by atoms with van der Waals surface area (Å²) in [6, 6.07) is 9.77. The number of carbonyl (C=O) groups excluding carboxylic acids is 2. The quantitative estimate of drug-likeness (QED) is 0.0316. The summed E-state index contributed by atoms with van der Waals surface area (Å²) in [5.74, 6) is -1.63. The van der Waals surface area contributed by atoms with E-state index in [1.54, 1.807) is 25.3 Å². The van der Waals surface area contributed by atoms with E-state index < -0.39 is 41.1 Å². The zero-order chi connectivity index (χ0) is 49.0. The molecule has 2 aromatic carbocycles. The Balaban J connectivity index is 1.36. The molecule has 0 aromatic heterocycles. The smallest absolute Gasteiger partial charge is 0.415 e. The van der Waals surface area contributed by atoms with Gasteiger partial charge in [0.2, 0.25) is 12.1 Å². The molecule has 7 unspecified atom stereocenters. The molecule has 2 heterocycles. The van der Waals surface area contributed by atoms with Crippen molar-refractivity contribution in [2.24, 2.45) is 22.9 Å². The highest BCUT2D eigenvalue weighted by Crippen LogP contribution is 2.62. The van der Waals surface area contributed by atoms with Crippen molar-refractivity contribution in [1.82, 2.24) is 10.2 Å². The van der Waals surface area contributed by atoms with Crippen LogP contribution in [0.4, 0.5) is 15.3 Å². The number of likely N-dealkylation sites (N-methyl/N-ethyl adjacent to an activating group) is 1. The van der Waals surface area contributed by atoms with Crippen molar-refractivity contribution in [3.05, 3.63) is 82.4 Å². The average Bonchev–Trinajstić information content (AvgIpc) is 3.35. The molecule has 16 heteroatoms. The lowest BCUT2D eigenvalue weighted by atomic mass is 9.55. The summed E-state index contributed by atoms with van der Waals surface area (Å²) < 4.78 is 31.9. The average molecular weight is 961 g/mol. The van der Waals surface area contributed by atoms with E-state index in [4.69, 9.17) is 33.7 Å². The SMILES string of the molecule is C=CCOC12Oc3ccc(OC(=O)NCCCCCCCCCCCC)cc3C3C(CCCCO)C(CCCCO)C=C(C(=NOC4CCCCO4)CC1N(C)C(=O)Oc1ccc([N+](=O)[O-])cc1)C32. The topological polar surface area (TPSA) is 201 Å². The second-order valence-corrected chi connectivity index (χ2v) is 18.9. The number of hydrogen-bond acceptors (Lipinski definition) is 13. The van der Waals surface area contributed by atoms with E-state index in [1.807, 2.05) is 6.07 Å². The van der Waals surface area contributed by atoms with E-state index in [1.165, 1.54) is 74.1 Å². The Morgan fingerprint density at radius 1 is 0.928 bits per heavy atom. The predicted octanol–water partition coefficient (Wildman–Crippen LogP) is 10.9. The number of carbonyl (C=O) groups is 2. The third-order valence-electron chi connectivity index (χ3n) is 14.1. The molecule has 0 spiro atoms. The van der Waals surface area contributed by atoms with Gasteiger partial charge in [-0.2, -0.15) is 0 Å². The Bertz CT molecular complexity index is 2020. The van der Waals surface area contributed by atoms with Crippen molar-refractivity contribution in [3.63, 3.8) is 0 Å². The summed E-state index contributed by atoms with van der Waals surface area (Å²) in [5, 5.41) is 39.1. The van der Waals surface area contributed by atoms with Crippen molar-refractivity contribution in [3.8, 4) is 17.2 Å². The number of hydrogen-bond donors (Lipinski definition) is 3. The zero-order valence-corrected chi connectivity index (χ0v) is 40.9. The fraction of sp³-hybridized carbons (Fsp3) is 0.642. The van der Waals surface area contributed by atoms with Gasteiger partial charge in [0.25, 0.3) is 5.69 Å². The predicted molar refractivity (Wildman–Crippen MR) is 262 cm³/mol. The highest BCUT2D eigenvalue weighted by Gasteiger charge is 2.65. The minimum absolute atomic E-state index is 0.0130. The van der Waals surface area contributed by atoms with Gasteiger partial charge in [0.05, 0.1) is 29.8 Å². The number of ether oxygens (including phenoxy) is 5. The normalized spacial score (nSPS) is 24.2. The molecule has 7 atom stereocenters. The first-order chi connectivity index (χ1) is 33.6. The number of nitrogens with one attached hydrogen (secondary N) is 1. The lowest BCUT2D eigenvalue weighted by Gasteiger charge is -2.59. The number of non-ortho nitro benzene ring substituents is 1. The number of unbranched alkanes of at least 4 members (excludes halogenated alkanes) is 11. The first-order valence-electron chi connectivity index (χ1n) is 25.6. The first-order valence-corrected chi connectivity index (χ1v) is 25.6. The number of aliphatic hydroxyl groups excluding tert-OH is 2. The largest absolute Gasteiger partial charge is 0.459 e. The van der Waals surface area contributed by atoms with Crippen molar-refractivity contribution < 1.29 is 53.2 Å². The van der Waals surface area contributed by atoms with Crippen molar-refractivity contribution in [2.45, 2.75) is 159 Å². The Hall–Kier alpha value is -5.03. The molecule has 16 nitrogen and oxygen atoms in total. The second kappa shape index (κ2) is 27.4. The number of aliphatic hydroxyl groups is 2. The van der Waals surface area contributed by atoms with Crippen LogP contribution in [0.2, 0.25) is 0 Å². The van der Waals surface area contributed by atoms with Crippen LogP contribution >= 0.6 is 0 Å². The van der Waals surface area contributed by atoms with Crippen LogP contribution in [0.3, 0.4) is 0 Å². The highest BCUT2D eigenvalue weighted by atomic mass is 16.8. The number of benzene rings is 2. The van der Waals surface area contributed by atoms with Gasteiger partial charge in [-0.25, -0.2) is 9.59 Å². The van der Waals surface area contributed by atoms with Gasteiger partial charge in [0.1, 0.15) is 23.3 Å². The zero-order valence-electron chi connectivity index (χ0n) is 40.9. The molecular weight excluding hydrogens is 885 g/mol. The lowest BCUT2D eigenvalue weighted by molar-refractivity contribution is -0.384. The van der Waals surface area contributed by atoms with E-state index in [-0.39, 0.29) is 55.4 Å².